The Morgan fingerprint density at radius 1 is 1.71 bits per heavy atom. The van der Waals surface area contributed by atoms with Crippen molar-refractivity contribution in [3.8, 4) is 0 Å². The van der Waals surface area contributed by atoms with Gasteiger partial charge >= 0.3 is 0 Å². The van der Waals surface area contributed by atoms with E-state index in [1.54, 1.807) is 4.90 Å². The second-order valence-electron chi connectivity index (χ2n) is 3.40. The maximum atomic E-state index is 11.0. The van der Waals surface area contributed by atoms with E-state index in [-0.39, 0.29) is 30.0 Å². The quantitative estimate of drug-likeness (QED) is 0.503. The molecule has 2 unspecified atom stereocenters. The van der Waals surface area contributed by atoms with Gasteiger partial charge in [0.05, 0.1) is 19.1 Å². The standard InChI is InChI=1S/C8H11ClN2O3/c9-2-6(12)10-3-5-4-11-7(13)1-8(11)14-5/h5,8H,1-4H2,(H,10,12). The number of amides is 2. The summed E-state index contributed by atoms with van der Waals surface area (Å²) in [6.45, 7) is 0.998. The molecule has 0 saturated carbocycles. The first-order valence-corrected chi connectivity index (χ1v) is 5.01. The molecule has 0 aromatic rings. The number of hydrogen-bond acceptors (Lipinski definition) is 3. The van der Waals surface area contributed by atoms with Crippen LogP contribution in [0, 0.1) is 0 Å². The number of β-lactam (4-membered cyclic amide) rings is 1. The van der Waals surface area contributed by atoms with Crippen LogP contribution in [0.3, 0.4) is 0 Å². The van der Waals surface area contributed by atoms with Gasteiger partial charge in [0.2, 0.25) is 11.8 Å². The molecule has 1 N–H and O–H groups in total. The molecule has 0 radical (unpaired) electrons. The molecule has 2 rings (SSSR count). The summed E-state index contributed by atoms with van der Waals surface area (Å²) >= 11 is 5.31. The molecule has 0 aliphatic carbocycles. The van der Waals surface area contributed by atoms with Gasteiger partial charge in [-0.15, -0.1) is 11.6 Å². The summed E-state index contributed by atoms with van der Waals surface area (Å²) < 4.78 is 5.47. The van der Waals surface area contributed by atoms with Crippen molar-refractivity contribution in [2.24, 2.45) is 0 Å². The maximum Gasteiger partial charge on any atom is 0.235 e. The van der Waals surface area contributed by atoms with Gasteiger partial charge < -0.3 is 15.0 Å². The van der Waals surface area contributed by atoms with Crippen LogP contribution in [0.4, 0.5) is 0 Å². The summed E-state index contributed by atoms with van der Waals surface area (Å²) in [5.41, 5.74) is 0. The van der Waals surface area contributed by atoms with Gasteiger partial charge in [-0.3, -0.25) is 9.59 Å². The summed E-state index contributed by atoms with van der Waals surface area (Å²) in [6, 6.07) is 0. The van der Waals surface area contributed by atoms with E-state index in [4.69, 9.17) is 16.3 Å². The number of nitrogens with one attached hydrogen (secondary N) is 1. The largest absolute Gasteiger partial charge is 0.352 e. The molecule has 2 heterocycles. The highest BCUT2D eigenvalue weighted by atomic mass is 35.5. The first kappa shape index (κ1) is 9.73. The highest BCUT2D eigenvalue weighted by Crippen LogP contribution is 2.28. The van der Waals surface area contributed by atoms with Crippen LogP contribution < -0.4 is 5.32 Å². The Hall–Kier alpha value is -0.810. The lowest BCUT2D eigenvalue weighted by atomic mass is 10.2. The molecule has 2 fully saturated rings. The number of rotatable bonds is 3. The zero-order valence-corrected chi connectivity index (χ0v) is 8.29. The Labute approximate surface area is 86.3 Å². The fourth-order valence-electron chi connectivity index (χ4n) is 1.64. The van der Waals surface area contributed by atoms with Gasteiger partial charge in [0.15, 0.2) is 0 Å². The molecule has 6 heteroatoms. The minimum Gasteiger partial charge on any atom is -0.352 e. The Bertz CT molecular complexity index is 271. The highest BCUT2D eigenvalue weighted by Gasteiger charge is 2.44. The third-order valence-corrected chi connectivity index (χ3v) is 2.66. The molecule has 2 atom stereocenters. The van der Waals surface area contributed by atoms with E-state index in [0.717, 1.165) is 0 Å². The number of ether oxygens (including phenoxy) is 1. The third kappa shape index (κ3) is 1.69. The van der Waals surface area contributed by atoms with Gasteiger partial charge in [0, 0.05) is 6.54 Å². The number of halogens is 1. The fourth-order valence-corrected chi connectivity index (χ4v) is 1.73. The lowest BCUT2D eigenvalue weighted by molar-refractivity contribution is -0.156. The van der Waals surface area contributed by atoms with E-state index in [1.165, 1.54) is 0 Å². The molecule has 78 valence electrons. The topological polar surface area (TPSA) is 58.6 Å². The van der Waals surface area contributed by atoms with Crippen molar-refractivity contribution < 1.29 is 14.3 Å². The van der Waals surface area contributed by atoms with E-state index >= 15 is 0 Å². The molecule has 2 saturated heterocycles. The molecular formula is C8H11ClN2O3. The average molecular weight is 219 g/mol. The van der Waals surface area contributed by atoms with Crippen LogP contribution in [0.1, 0.15) is 6.42 Å². The second kappa shape index (κ2) is 3.74. The van der Waals surface area contributed by atoms with Gasteiger partial charge in [-0.2, -0.15) is 0 Å². The van der Waals surface area contributed by atoms with E-state index < -0.39 is 0 Å². The summed E-state index contributed by atoms with van der Waals surface area (Å²) in [4.78, 5) is 23.5. The smallest absolute Gasteiger partial charge is 0.235 e. The molecule has 0 spiro atoms. The summed E-state index contributed by atoms with van der Waals surface area (Å²) in [6.07, 6.45) is 0.332. The van der Waals surface area contributed by atoms with Crippen molar-refractivity contribution in [1.29, 1.82) is 0 Å². The summed E-state index contributed by atoms with van der Waals surface area (Å²) in [7, 11) is 0. The molecule has 0 aromatic heterocycles. The number of fused-ring (bicyclic) bond motifs is 1. The number of alkyl halides is 1. The van der Waals surface area contributed by atoms with E-state index in [1.807, 2.05) is 0 Å². The van der Waals surface area contributed by atoms with Gasteiger partial charge in [-0.25, -0.2) is 0 Å². The van der Waals surface area contributed by atoms with Crippen LogP contribution in [-0.4, -0.2) is 48.0 Å². The number of carbonyl (C=O) groups is 2. The monoisotopic (exact) mass is 218 g/mol. The van der Waals surface area contributed by atoms with Gasteiger partial charge in [-0.1, -0.05) is 0 Å². The Morgan fingerprint density at radius 2 is 2.50 bits per heavy atom. The first-order valence-electron chi connectivity index (χ1n) is 4.48. The lowest BCUT2D eigenvalue weighted by Crippen LogP contribution is -2.48. The normalized spacial score (nSPS) is 29.8. The average Bonchev–Trinajstić information content (AvgIpc) is 2.51. The molecule has 2 amide bonds. The zero-order chi connectivity index (χ0) is 10.1. The number of carbonyl (C=O) groups excluding carboxylic acids is 2. The molecular weight excluding hydrogens is 208 g/mol. The predicted molar refractivity (Wildman–Crippen MR) is 48.7 cm³/mol. The van der Waals surface area contributed by atoms with Crippen molar-refractivity contribution in [1.82, 2.24) is 10.2 Å². The Balaban J connectivity index is 1.74. The molecule has 0 bridgehead atoms. The van der Waals surface area contributed by atoms with Crippen LogP contribution in [0.5, 0.6) is 0 Å². The minimum atomic E-state index is -0.212. The number of hydrogen-bond donors (Lipinski definition) is 1. The summed E-state index contributed by atoms with van der Waals surface area (Å²) in [5.74, 6) is -0.129. The van der Waals surface area contributed by atoms with E-state index in [0.29, 0.717) is 19.5 Å². The SMILES string of the molecule is O=C(CCl)NCC1CN2C(=O)CC2O1. The summed E-state index contributed by atoms with van der Waals surface area (Å²) in [5, 5.41) is 2.62. The van der Waals surface area contributed by atoms with Crippen LogP contribution in [-0.2, 0) is 14.3 Å². The lowest BCUT2D eigenvalue weighted by Gasteiger charge is -2.31. The molecule has 5 nitrogen and oxygen atoms in total. The zero-order valence-electron chi connectivity index (χ0n) is 7.53. The molecule has 14 heavy (non-hydrogen) atoms. The maximum absolute atomic E-state index is 11.0. The minimum absolute atomic E-state index is 0.0429. The van der Waals surface area contributed by atoms with Gasteiger partial charge in [0.25, 0.3) is 0 Å². The number of nitrogens with zero attached hydrogens (tertiary/aromatic N) is 1. The molecule has 2 aliphatic rings. The molecule has 0 aromatic carbocycles. The van der Waals surface area contributed by atoms with Crippen LogP contribution in [0.15, 0.2) is 0 Å². The second-order valence-corrected chi connectivity index (χ2v) is 3.67. The van der Waals surface area contributed by atoms with Gasteiger partial charge in [0.1, 0.15) is 12.1 Å². The van der Waals surface area contributed by atoms with E-state index in [9.17, 15) is 9.59 Å². The van der Waals surface area contributed by atoms with Crippen LogP contribution >= 0.6 is 11.6 Å². The van der Waals surface area contributed by atoms with Crippen molar-refractivity contribution in [3.63, 3.8) is 0 Å². The highest BCUT2D eigenvalue weighted by molar-refractivity contribution is 6.27. The fraction of sp³-hybridized carbons (Fsp3) is 0.750. The van der Waals surface area contributed by atoms with Crippen molar-refractivity contribution >= 4 is 23.4 Å². The third-order valence-electron chi connectivity index (χ3n) is 2.42. The predicted octanol–water partition coefficient (Wildman–Crippen LogP) is -0.701. The Kier molecular flexibility index (Phi) is 2.60. The first-order chi connectivity index (χ1) is 6.70. The van der Waals surface area contributed by atoms with Gasteiger partial charge in [-0.05, 0) is 0 Å². The van der Waals surface area contributed by atoms with Crippen molar-refractivity contribution in [3.05, 3.63) is 0 Å². The van der Waals surface area contributed by atoms with E-state index in [2.05, 4.69) is 5.32 Å². The molecule has 2 aliphatic heterocycles. The Morgan fingerprint density at radius 3 is 3.07 bits per heavy atom. The van der Waals surface area contributed by atoms with Crippen molar-refractivity contribution in [2.75, 3.05) is 19.0 Å². The van der Waals surface area contributed by atoms with Crippen LogP contribution in [0.25, 0.3) is 0 Å². The van der Waals surface area contributed by atoms with Crippen LogP contribution in [0.2, 0.25) is 0 Å². The van der Waals surface area contributed by atoms with Crippen molar-refractivity contribution in [2.45, 2.75) is 18.8 Å².